The van der Waals surface area contributed by atoms with Gasteiger partial charge < -0.3 is 10.6 Å². The summed E-state index contributed by atoms with van der Waals surface area (Å²) in [6.07, 6.45) is 3.37. The summed E-state index contributed by atoms with van der Waals surface area (Å²) in [4.78, 5) is 34.0. The number of aryl methyl sites for hydroxylation is 1. The van der Waals surface area contributed by atoms with Crippen molar-refractivity contribution in [1.29, 1.82) is 0 Å². The van der Waals surface area contributed by atoms with Crippen LogP contribution in [0.3, 0.4) is 0 Å². The number of rotatable bonds is 6. The molecule has 2 heterocycles. The highest BCUT2D eigenvalue weighted by molar-refractivity contribution is 6.30. The number of nitrogens with one attached hydrogen (secondary N) is 2. The zero-order valence-electron chi connectivity index (χ0n) is 19.2. The minimum Gasteiger partial charge on any atom is -0.355 e. The number of halogens is 2. The van der Waals surface area contributed by atoms with E-state index in [1.165, 1.54) is 19.2 Å². The first-order valence-electron chi connectivity index (χ1n) is 10.7. The third kappa shape index (κ3) is 5.36. The molecule has 2 aromatic carbocycles. The fourth-order valence-corrected chi connectivity index (χ4v) is 3.60. The zero-order valence-corrected chi connectivity index (χ0v) is 20.0. The molecule has 4 aromatic rings. The van der Waals surface area contributed by atoms with Crippen LogP contribution >= 0.6 is 11.6 Å². The van der Waals surface area contributed by atoms with E-state index in [0.717, 1.165) is 5.56 Å². The summed E-state index contributed by atoms with van der Waals surface area (Å²) in [6.45, 7) is 1.72. The molecule has 4 rings (SSSR count). The Kier molecular flexibility index (Phi) is 6.88. The number of hydrogen-bond acceptors (Lipinski definition) is 5. The van der Waals surface area contributed by atoms with Gasteiger partial charge in [-0.15, -0.1) is 0 Å². The van der Waals surface area contributed by atoms with Crippen LogP contribution in [0.2, 0.25) is 5.02 Å². The maximum absolute atomic E-state index is 14.4. The number of benzene rings is 2. The van der Waals surface area contributed by atoms with Gasteiger partial charge in [0.05, 0.1) is 29.1 Å². The first-order valence-corrected chi connectivity index (χ1v) is 11.1. The molecule has 0 radical (unpaired) electrons. The van der Waals surface area contributed by atoms with E-state index in [2.05, 4.69) is 25.7 Å². The molecule has 2 aromatic heterocycles. The van der Waals surface area contributed by atoms with Gasteiger partial charge in [-0.25, -0.2) is 14.4 Å². The highest BCUT2D eigenvalue weighted by Crippen LogP contribution is 2.24. The lowest BCUT2D eigenvalue weighted by molar-refractivity contribution is 0.0931. The predicted molar refractivity (Wildman–Crippen MR) is 130 cm³/mol. The number of amides is 2. The third-order valence-electron chi connectivity index (χ3n) is 5.37. The Morgan fingerprint density at radius 1 is 1.03 bits per heavy atom. The number of aromatic nitrogens is 4. The van der Waals surface area contributed by atoms with Crippen molar-refractivity contribution in [2.45, 2.75) is 13.0 Å². The third-order valence-corrected chi connectivity index (χ3v) is 5.63. The van der Waals surface area contributed by atoms with Crippen LogP contribution in [0.25, 0.3) is 22.6 Å². The van der Waals surface area contributed by atoms with E-state index < -0.39 is 23.7 Å². The van der Waals surface area contributed by atoms with E-state index in [0.29, 0.717) is 27.7 Å². The molecule has 0 aliphatic carbocycles. The summed E-state index contributed by atoms with van der Waals surface area (Å²) < 4.78 is 16.0. The smallest absolute Gasteiger partial charge is 0.270 e. The summed E-state index contributed by atoms with van der Waals surface area (Å²) in [5.41, 5.74) is 2.52. The number of hydrogen-bond donors (Lipinski definition) is 2. The lowest BCUT2D eigenvalue weighted by Crippen LogP contribution is -2.28. The highest BCUT2D eigenvalue weighted by Gasteiger charge is 2.19. The second-order valence-electron chi connectivity index (χ2n) is 7.89. The molecule has 0 spiro atoms. The molecule has 35 heavy (non-hydrogen) atoms. The Morgan fingerprint density at radius 2 is 1.77 bits per heavy atom. The van der Waals surface area contributed by atoms with Crippen molar-refractivity contribution in [3.05, 3.63) is 88.6 Å². The van der Waals surface area contributed by atoms with Crippen LogP contribution < -0.4 is 10.6 Å². The Morgan fingerprint density at radius 3 is 2.40 bits per heavy atom. The second kappa shape index (κ2) is 10.0. The lowest BCUT2D eigenvalue weighted by Gasteiger charge is -2.16. The molecule has 0 aliphatic heterocycles. The molecule has 0 saturated heterocycles. The molecular formula is C25H22ClFN6O2. The van der Waals surface area contributed by atoms with Crippen LogP contribution in [0.4, 0.5) is 4.39 Å². The van der Waals surface area contributed by atoms with Crippen molar-refractivity contribution in [3.8, 4) is 22.6 Å². The molecule has 2 amide bonds. The fourth-order valence-electron chi connectivity index (χ4n) is 3.47. The molecule has 2 N–H and O–H groups in total. The SMILES string of the molecule is CNC(=O)c1ccc(C(C)NC(=O)c2cc(-c3ccc(Cl)cc3)nc(-c3cnn(C)c3)n2)cc1F. The predicted octanol–water partition coefficient (Wildman–Crippen LogP) is 4.19. The first kappa shape index (κ1) is 24.0. The largest absolute Gasteiger partial charge is 0.355 e. The van der Waals surface area contributed by atoms with Gasteiger partial charge in [0.25, 0.3) is 11.8 Å². The Hall–Kier alpha value is -4.11. The van der Waals surface area contributed by atoms with Gasteiger partial charge in [0.1, 0.15) is 11.5 Å². The number of nitrogens with zero attached hydrogens (tertiary/aromatic N) is 4. The highest BCUT2D eigenvalue weighted by atomic mass is 35.5. The Labute approximate surface area is 206 Å². The molecule has 178 valence electrons. The van der Waals surface area contributed by atoms with E-state index in [4.69, 9.17) is 11.6 Å². The van der Waals surface area contributed by atoms with E-state index >= 15 is 0 Å². The number of carbonyl (C=O) groups is 2. The Bertz CT molecular complexity index is 1400. The second-order valence-corrected chi connectivity index (χ2v) is 8.32. The van der Waals surface area contributed by atoms with Gasteiger partial charge in [-0.2, -0.15) is 5.10 Å². The zero-order chi connectivity index (χ0) is 25.1. The summed E-state index contributed by atoms with van der Waals surface area (Å²) >= 11 is 6.02. The normalized spacial score (nSPS) is 11.7. The maximum Gasteiger partial charge on any atom is 0.270 e. The summed E-state index contributed by atoms with van der Waals surface area (Å²) in [5.74, 6) is -1.32. The van der Waals surface area contributed by atoms with E-state index in [-0.39, 0.29) is 11.3 Å². The average Bonchev–Trinajstić information content (AvgIpc) is 3.30. The van der Waals surface area contributed by atoms with Crippen LogP contribution in [0.15, 0.2) is 60.9 Å². The molecular weight excluding hydrogens is 471 g/mol. The van der Waals surface area contributed by atoms with Crippen molar-refractivity contribution in [2.75, 3.05) is 7.05 Å². The molecule has 1 atom stereocenters. The Balaban J connectivity index is 1.65. The standard InChI is InChI=1S/C25H22ClFN6O2/c1-14(16-6-9-19(20(27)10-16)24(34)28-2)30-25(35)22-11-21(15-4-7-18(26)8-5-15)31-23(32-22)17-12-29-33(3)13-17/h4-14H,1-3H3,(H,28,34)(H,30,35). The lowest BCUT2D eigenvalue weighted by atomic mass is 10.0. The van der Waals surface area contributed by atoms with Crippen molar-refractivity contribution in [1.82, 2.24) is 30.4 Å². The quantitative estimate of drug-likeness (QED) is 0.420. The van der Waals surface area contributed by atoms with Crippen molar-refractivity contribution < 1.29 is 14.0 Å². The first-order chi connectivity index (χ1) is 16.7. The minimum atomic E-state index is -0.672. The van der Waals surface area contributed by atoms with Gasteiger partial charge in [0.15, 0.2) is 5.82 Å². The van der Waals surface area contributed by atoms with Gasteiger partial charge >= 0.3 is 0 Å². The van der Waals surface area contributed by atoms with Crippen LogP contribution in [0.1, 0.15) is 39.4 Å². The van der Waals surface area contributed by atoms with Crippen molar-refractivity contribution in [3.63, 3.8) is 0 Å². The van der Waals surface area contributed by atoms with Gasteiger partial charge in [-0.3, -0.25) is 14.3 Å². The van der Waals surface area contributed by atoms with Gasteiger partial charge in [0.2, 0.25) is 0 Å². The molecule has 0 fully saturated rings. The fraction of sp³-hybridized carbons (Fsp3) is 0.160. The maximum atomic E-state index is 14.4. The van der Waals surface area contributed by atoms with Gasteiger partial charge in [0, 0.05) is 30.9 Å². The van der Waals surface area contributed by atoms with Gasteiger partial charge in [-0.1, -0.05) is 29.8 Å². The minimum absolute atomic E-state index is 0.0701. The topological polar surface area (TPSA) is 102 Å². The molecule has 10 heteroatoms. The monoisotopic (exact) mass is 492 g/mol. The van der Waals surface area contributed by atoms with Crippen molar-refractivity contribution in [2.24, 2.45) is 7.05 Å². The van der Waals surface area contributed by atoms with Gasteiger partial charge in [-0.05, 0) is 42.8 Å². The molecule has 0 saturated carbocycles. The van der Waals surface area contributed by atoms with Crippen molar-refractivity contribution >= 4 is 23.4 Å². The van der Waals surface area contributed by atoms with E-state index in [9.17, 15) is 14.0 Å². The number of carbonyl (C=O) groups excluding carboxylic acids is 2. The molecule has 1 unspecified atom stereocenters. The molecule has 0 aliphatic rings. The van der Waals surface area contributed by atoms with Crippen LogP contribution in [0, 0.1) is 5.82 Å². The summed E-state index contributed by atoms with van der Waals surface area (Å²) in [7, 11) is 3.20. The molecule has 0 bridgehead atoms. The van der Waals surface area contributed by atoms with E-state index in [1.807, 2.05) is 0 Å². The van der Waals surface area contributed by atoms with E-state index in [1.54, 1.807) is 67.4 Å². The summed E-state index contributed by atoms with van der Waals surface area (Å²) in [5, 5.41) is 9.96. The summed E-state index contributed by atoms with van der Waals surface area (Å²) in [6, 6.07) is 12.3. The van der Waals surface area contributed by atoms with Crippen LogP contribution in [0.5, 0.6) is 0 Å². The van der Waals surface area contributed by atoms with Crippen LogP contribution in [-0.2, 0) is 7.05 Å². The van der Waals surface area contributed by atoms with Crippen LogP contribution in [-0.4, -0.2) is 38.6 Å². The molecule has 8 nitrogen and oxygen atoms in total. The average molecular weight is 493 g/mol.